The number of likely N-dealkylation sites (tertiary alicyclic amines) is 1. The molecule has 1 amide bonds. The van der Waals surface area contributed by atoms with Crippen LogP contribution in [0.3, 0.4) is 0 Å². The van der Waals surface area contributed by atoms with Crippen molar-refractivity contribution in [3.63, 3.8) is 0 Å². The normalized spacial score (nSPS) is 15.6. The van der Waals surface area contributed by atoms with Crippen LogP contribution in [0.1, 0.15) is 51.0 Å². The summed E-state index contributed by atoms with van der Waals surface area (Å²) in [6.07, 6.45) is 4.72. The van der Waals surface area contributed by atoms with Gasteiger partial charge < -0.3 is 10.1 Å². The molecule has 0 radical (unpaired) electrons. The van der Waals surface area contributed by atoms with E-state index in [-0.39, 0.29) is 11.9 Å². The summed E-state index contributed by atoms with van der Waals surface area (Å²) in [4.78, 5) is 25.6. The zero-order valence-electron chi connectivity index (χ0n) is 15.9. The Morgan fingerprint density at radius 2 is 1.88 bits per heavy atom. The maximum Gasteiger partial charge on any atom is 0.305 e. The van der Waals surface area contributed by atoms with E-state index >= 15 is 0 Å². The van der Waals surface area contributed by atoms with Gasteiger partial charge in [0.15, 0.2) is 0 Å². The van der Waals surface area contributed by atoms with Crippen molar-refractivity contribution in [3.05, 3.63) is 35.9 Å². The molecule has 144 valence electrons. The van der Waals surface area contributed by atoms with Gasteiger partial charge in [-0.25, -0.2) is 0 Å². The summed E-state index contributed by atoms with van der Waals surface area (Å²) in [6.45, 7) is 6.22. The minimum absolute atomic E-state index is 0.0378. The van der Waals surface area contributed by atoms with Gasteiger partial charge in [-0.2, -0.15) is 0 Å². The second kappa shape index (κ2) is 11.7. The first-order chi connectivity index (χ1) is 12.7. The molecule has 5 nitrogen and oxygen atoms in total. The van der Waals surface area contributed by atoms with Crippen LogP contribution in [0.15, 0.2) is 30.3 Å². The first-order valence-corrected chi connectivity index (χ1v) is 9.86. The number of carbonyl (C=O) groups is 2. The third-order valence-electron chi connectivity index (χ3n) is 4.92. The molecule has 0 spiro atoms. The van der Waals surface area contributed by atoms with Crippen molar-refractivity contribution in [2.75, 3.05) is 26.2 Å². The molecule has 1 aromatic rings. The van der Waals surface area contributed by atoms with Gasteiger partial charge in [0, 0.05) is 25.9 Å². The lowest BCUT2D eigenvalue weighted by Gasteiger charge is -2.32. The smallest absolute Gasteiger partial charge is 0.305 e. The van der Waals surface area contributed by atoms with Crippen molar-refractivity contribution in [1.29, 1.82) is 0 Å². The Morgan fingerprint density at radius 3 is 2.58 bits per heavy atom. The minimum Gasteiger partial charge on any atom is -0.466 e. The third-order valence-corrected chi connectivity index (χ3v) is 4.92. The topological polar surface area (TPSA) is 58.6 Å². The van der Waals surface area contributed by atoms with Gasteiger partial charge in [-0.3, -0.25) is 14.5 Å². The maximum absolute atomic E-state index is 11.8. The summed E-state index contributed by atoms with van der Waals surface area (Å²) < 4.78 is 4.86. The lowest BCUT2D eigenvalue weighted by Crippen LogP contribution is -2.34. The zero-order valence-corrected chi connectivity index (χ0v) is 15.9. The van der Waals surface area contributed by atoms with Gasteiger partial charge in [0.25, 0.3) is 0 Å². The Morgan fingerprint density at radius 1 is 1.15 bits per heavy atom. The molecule has 0 bridgehead atoms. The van der Waals surface area contributed by atoms with E-state index in [9.17, 15) is 9.59 Å². The average Bonchev–Trinajstić information content (AvgIpc) is 2.64. The van der Waals surface area contributed by atoms with Gasteiger partial charge in [0.05, 0.1) is 6.61 Å². The van der Waals surface area contributed by atoms with Crippen molar-refractivity contribution in [2.24, 2.45) is 5.92 Å². The number of esters is 1. The largest absolute Gasteiger partial charge is 0.466 e. The molecule has 0 atom stereocenters. The fraction of sp³-hybridized carbons (Fsp3) is 0.619. The van der Waals surface area contributed by atoms with Gasteiger partial charge in [0.1, 0.15) is 0 Å². The number of piperidine rings is 1. The average molecular weight is 360 g/mol. The molecule has 1 N–H and O–H groups in total. The van der Waals surface area contributed by atoms with Crippen molar-refractivity contribution in [2.45, 2.75) is 52.0 Å². The van der Waals surface area contributed by atoms with E-state index in [0.29, 0.717) is 31.8 Å². The lowest BCUT2D eigenvalue weighted by atomic mass is 9.93. The fourth-order valence-corrected chi connectivity index (χ4v) is 3.41. The first-order valence-electron chi connectivity index (χ1n) is 9.86. The molecule has 0 aromatic heterocycles. The van der Waals surface area contributed by atoms with E-state index in [1.807, 2.05) is 0 Å². The Bertz CT molecular complexity index is 539. The van der Waals surface area contributed by atoms with E-state index in [2.05, 4.69) is 40.5 Å². The highest BCUT2D eigenvalue weighted by Crippen LogP contribution is 2.21. The Hall–Kier alpha value is -1.88. The lowest BCUT2D eigenvalue weighted by molar-refractivity contribution is -0.143. The second-order valence-corrected chi connectivity index (χ2v) is 7.00. The fourth-order valence-electron chi connectivity index (χ4n) is 3.41. The van der Waals surface area contributed by atoms with Crippen LogP contribution in [0.5, 0.6) is 0 Å². The summed E-state index contributed by atoms with van der Waals surface area (Å²) in [7, 11) is 0. The van der Waals surface area contributed by atoms with Gasteiger partial charge in [-0.1, -0.05) is 30.3 Å². The predicted molar refractivity (Wildman–Crippen MR) is 103 cm³/mol. The molecular weight excluding hydrogens is 328 g/mol. The number of nitrogens with zero attached hydrogens (tertiary/aromatic N) is 1. The van der Waals surface area contributed by atoms with Crippen LogP contribution in [-0.4, -0.2) is 43.0 Å². The third kappa shape index (κ3) is 8.00. The van der Waals surface area contributed by atoms with Gasteiger partial charge in [-0.05, 0) is 57.2 Å². The number of benzene rings is 1. The number of hydrogen-bond donors (Lipinski definition) is 1. The molecule has 5 heteroatoms. The van der Waals surface area contributed by atoms with Crippen molar-refractivity contribution in [3.8, 4) is 0 Å². The summed E-state index contributed by atoms with van der Waals surface area (Å²) in [6, 6.07) is 10.6. The van der Waals surface area contributed by atoms with Crippen LogP contribution in [-0.2, 0) is 20.9 Å². The highest BCUT2D eigenvalue weighted by molar-refractivity contribution is 5.76. The molecule has 1 aliphatic heterocycles. The quantitative estimate of drug-likeness (QED) is 0.651. The first kappa shape index (κ1) is 20.4. The second-order valence-electron chi connectivity index (χ2n) is 7.00. The van der Waals surface area contributed by atoms with Gasteiger partial charge >= 0.3 is 5.97 Å². The van der Waals surface area contributed by atoms with E-state index in [4.69, 9.17) is 4.74 Å². The molecule has 0 aliphatic carbocycles. The van der Waals surface area contributed by atoms with E-state index < -0.39 is 0 Å². The number of rotatable bonds is 10. The van der Waals surface area contributed by atoms with Crippen LogP contribution in [0.2, 0.25) is 0 Å². The van der Waals surface area contributed by atoms with E-state index in [0.717, 1.165) is 32.6 Å². The van der Waals surface area contributed by atoms with Crippen LogP contribution >= 0.6 is 0 Å². The molecule has 2 rings (SSSR count). The molecule has 1 fully saturated rings. The number of nitrogens with one attached hydrogen (secondary N) is 1. The van der Waals surface area contributed by atoms with Crippen LogP contribution in [0.25, 0.3) is 0 Å². The molecule has 0 unspecified atom stereocenters. The molecule has 1 aliphatic rings. The Kier molecular flexibility index (Phi) is 9.18. The summed E-state index contributed by atoms with van der Waals surface area (Å²) >= 11 is 0. The van der Waals surface area contributed by atoms with Crippen molar-refractivity contribution >= 4 is 11.9 Å². The number of hydrogen-bond acceptors (Lipinski definition) is 4. The van der Waals surface area contributed by atoms with Gasteiger partial charge in [-0.15, -0.1) is 0 Å². The van der Waals surface area contributed by atoms with Crippen LogP contribution < -0.4 is 5.32 Å². The van der Waals surface area contributed by atoms with E-state index in [1.165, 1.54) is 18.4 Å². The standard InChI is InChI=1S/C21H32N2O3/c1-2-26-21(25)10-6-9-20(24)22-14-11-18-12-15-23(16-13-18)17-19-7-4-3-5-8-19/h3-5,7-8,18H,2,6,9-17H2,1H3,(H,22,24). The van der Waals surface area contributed by atoms with Crippen molar-refractivity contribution in [1.82, 2.24) is 10.2 Å². The van der Waals surface area contributed by atoms with Crippen molar-refractivity contribution < 1.29 is 14.3 Å². The number of amides is 1. The molecule has 1 heterocycles. The van der Waals surface area contributed by atoms with Gasteiger partial charge in [0.2, 0.25) is 5.91 Å². The Labute approximate surface area is 157 Å². The summed E-state index contributed by atoms with van der Waals surface area (Å²) in [5.74, 6) is 0.514. The molecule has 1 aromatic carbocycles. The molecule has 26 heavy (non-hydrogen) atoms. The maximum atomic E-state index is 11.8. The number of ether oxygens (including phenoxy) is 1. The van der Waals surface area contributed by atoms with E-state index in [1.54, 1.807) is 6.92 Å². The summed E-state index contributed by atoms with van der Waals surface area (Å²) in [5, 5.41) is 2.98. The Balaban J connectivity index is 1.52. The monoisotopic (exact) mass is 360 g/mol. The highest BCUT2D eigenvalue weighted by Gasteiger charge is 2.19. The minimum atomic E-state index is -0.220. The predicted octanol–water partition coefficient (Wildman–Crippen LogP) is 3.14. The number of carbonyl (C=O) groups excluding carboxylic acids is 2. The molecular formula is C21H32N2O3. The zero-order chi connectivity index (χ0) is 18.6. The van der Waals surface area contributed by atoms with Crippen LogP contribution in [0.4, 0.5) is 0 Å². The van der Waals surface area contributed by atoms with Crippen LogP contribution in [0, 0.1) is 5.92 Å². The molecule has 0 saturated carbocycles. The summed E-state index contributed by atoms with van der Waals surface area (Å²) in [5.41, 5.74) is 1.38. The molecule has 1 saturated heterocycles. The SMILES string of the molecule is CCOC(=O)CCCC(=O)NCCC1CCN(Cc2ccccc2)CC1. The highest BCUT2D eigenvalue weighted by atomic mass is 16.5.